The van der Waals surface area contributed by atoms with Gasteiger partial charge in [0.05, 0.1) is 28.4 Å². The Morgan fingerprint density at radius 2 is 1.74 bits per heavy atom. The second kappa shape index (κ2) is 10.9. The molecule has 9 nitrogen and oxygen atoms in total. The van der Waals surface area contributed by atoms with Gasteiger partial charge >= 0.3 is 5.97 Å². The number of hydrogen-bond acceptors (Lipinski definition) is 6. The highest BCUT2D eigenvalue weighted by molar-refractivity contribution is 7.92. The third-order valence-electron chi connectivity index (χ3n) is 5.77. The van der Waals surface area contributed by atoms with Crippen LogP contribution in [-0.4, -0.2) is 69.6 Å². The average molecular weight is 489 g/mol. The number of hydrogen-bond donors (Lipinski definition) is 3. The highest BCUT2D eigenvalue weighted by atomic mass is 32.2. The monoisotopic (exact) mass is 488 g/mol. The van der Waals surface area contributed by atoms with E-state index in [0.717, 1.165) is 12.0 Å². The molecule has 0 bridgehead atoms. The van der Waals surface area contributed by atoms with Crippen LogP contribution in [0.25, 0.3) is 0 Å². The molecule has 0 saturated carbocycles. The first-order chi connectivity index (χ1) is 16.1. The van der Waals surface area contributed by atoms with Crippen molar-refractivity contribution in [2.45, 2.75) is 32.1 Å². The SMILES string of the molecule is CCCNC(=O)CN1CCN(c2ccc(C(=O)O)cc2NS(=O)(=O)c2cc(C)ccc2C)CC1. The molecule has 0 unspecified atom stereocenters. The Balaban J connectivity index is 1.82. The van der Waals surface area contributed by atoms with Gasteiger partial charge in [0, 0.05) is 32.7 Å². The van der Waals surface area contributed by atoms with Gasteiger partial charge in [-0.15, -0.1) is 0 Å². The van der Waals surface area contributed by atoms with E-state index in [0.29, 0.717) is 50.5 Å². The van der Waals surface area contributed by atoms with Crippen LogP contribution in [0.5, 0.6) is 0 Å². The van der Waals surface area contributed by atoms with Crippen LogP contribution in [0.2, 0.25) is 0 Å². The van der Waals surface area contributed by atoms with Crippen molar-refractivity contribution < 1.29 is 23.1 Å². The normalized spacial score (nSPS) is 14.6. The summed E-state index contributed by atoms with van der Waals surface area (Å²) < 4.78 is 29.1. The lowest BCUT2D eigenvalue weighted by atomic mass is 10.1. The minimum Gasteiger partial charge on any atom is -0.478 e. The van der Waals surface area contributed by atoms with E-state index in [1.54, 1.807) is 25.1 Å². The number of amides is 1. The molecule has 10 heteroatoms. The number of anilines is 2. The summed E-state index contributed by atoms with van der Waals surface area (Å²) in [4.78, 5) is 27.8. The Bertz CT molecular complexity index is 1160. The lowest BCUT2D eigenvalue weighted by Crippen LogP contribution is -2.49. The lowest BCUT2D eigenvalue weighted by Gasteiger charge is -2.36. The molecule has 1 heterocycles. The zero-order valence-corrected chi connectivity index (χ0v) is 20.6. The van der Waals surface area contributed by atoms with Crippen molar-refractivity contribution in [3.05, 3.63) is 53.1 Å². The molecule has 1 amide bonds. The van der Waals surface area contributed by atoms with Gasteiger partial charge in [-0.2, -0.15) is 0 Å². The predicted octanol–water partition coefficient (Wildman–Crippen LogP) is 2.45. The second-order valence-corrected chi connectivity index (χ2v) is 10.2. The molecule has 184 valence electrons. The smallest absolute Gasteiger partial charge is 0.335 e. The van der Waals surface area contributed by atoms with Crippen molar-refractivity contribution in [3.8, 4) is 0 Å². The van der Waals surface area contributed by atoms with E-state index in [1.165, 1.54) is 12.1 Å². The minimum atomic E-state index is -3.94. The van der Waals surface area contributed by atoms with Crippen LogP contribution in [0.1, 0.15) is 34.8 Å². The summed E-state index contributed by atoms with van der Waals surface area (Å²) in [5, 5.41) is 12.3. The van der Waals surface area contributed by atoms with E-state index in [4.69, 9.17) is 0 Å². The van der Waals surface area contributed by atoms with E-state index >= 15 is 0 Å². The Labute approximate surface area is 200 Å². The predicted molar refractivity (Wildman–Crippen MR) is 132 cm³/mol. The first-order valence-electron chi connectivity index (χ1n) is 11.3. The molecule has 3 N–H and O–H groups in total. The number of carbonyl (C=O) groups is 2. The highest BCUT2D eigenvalue weighted by Crippen LogP contribution is 2.31. The zero-order valence-electron chi connectivity index (χ0n) is 19.8. The number of sulfonamides is 1. The molecule has 1 aliphatic heterocycles. The molecule has 0 atom stereocenters. The van der Waals surface area contributed by atoms with Crippen LogP contribution in [0, 0.1) is 13.8 Å². The summed E-state index contributed by atoms with van der Waals surface area (Å²) >= 11 is 0. The summed E-state index contributed by atoms with van der Waals surface area (Å²) in [5.41, 5.74) is 2.23. The van der Waals surface area contributed by atoms with Gasteiger partial charge in [-0.25, -0.2) is 13.2 Å². The summed E-state index contributed by atoms with van der Waals surface area (Å²) in [6.45, 7) is 8.91. The fourth-order valence-electron chi connectivity index (χ4n) is 3.89. The molecule has 2 aromatic carbocycles. The quantitative estimate of drug-likeness (QED) is 0.496. The highest BCUT2D eigenvalue weighted by Gasteiger charge is 2.25. The number of rotatable bonds is 9. The second-order valence-electron chi connectivity index (χ2n) is 8.52. The lowest BCUT2D eigenvalue weighted by molar-refractivity contribution is -0.122. The van der Waals surface area contributed by atoms with Gasteiger partial charge in [-0.1, -0.05) is 19.1 Å². The molecular weight excluding hydrogens is 456 g/mol. The van der Waals surface area contributed by atoms with Gasteiger partial charge in [-0.3, -0.25) is 14.4 Å². The van der Waals surface area contributed by atoms with Crippen molar-refractivity contribution >= 4 is 33.3 Å². The molecule has 1 fully saturated rings. The maximum atomic E-state index is 13.2. The largest absolute Gasteiger partial charge is 0.478 e. The van der Waals surface area contributed by atoms with Crippen molar-refractivity contribution in [1.29, 1.82) is 0 Å². The van der Waals surface area contributed by atoms with Crippen LogP contribution >= 0.6 is 0 Å². The van der Waals surface area contributed by atoms with Crippen molar-refractivity contribution in [3.63, 3.8) is 0 Å². The van der Waals surface area contributed by atoms with Crippen molar-refractivity contribution in [2.24, 2.45) is 0 Å². The first kappa shape index (κ1) is 25.5. The third kappa shape index (κ3) is 6.27. The van der Waals surface area contributed by atoms with E-state index in [1.807, 2.05) is 29.7 Å². The van der Waals surface area contributed by atoms with Crippen LogP contribution < -0.4 is 14.9 Å². The maximum absolute atomic E-state index is 13.2. The van der Waals surface area contributed by atoms with Gasteiger partial charge < -0.3 is 15.3 Å². The molecule has 2 aromatic rings. The van der Waals surface area contributed by atoms with Gasteiger partial charge in [-0.05, 0) is 55.7 Å². The van der Waals surface area contributed by atoms with Crippen molar-refractivity contribution in [1.82, 2.24) is 10.2 Å². The third-order valence-corrected chi connectivity index (χ3v) is 7.28. The van der Waals surface area contributed by atoms with Gasteiger partial charge in [0.1, 0.15) is 0 Å². The number of carboxylic acid groups (broad SMARTS) is 1. The number of carbonyl (C=O) groups excluding carboxylic acids is 1. The van der Waals surface area contributed by atoms with Crippen molar-refractivity contribution in [2.75, 3.05) is 48.9 Å². The maximum Gasteiger partial charge on any atom is 0.335 e. The molecular formula is C24H32N4O5S. The summed E-state index contributed by atoms with van der Waals surface area (Å²) in [6.07, 6.45) is 0.882. The van der Waals surface area contributed by atoms with E-state index in [9.17, 15) is 23.1 Å². The average Bonchev–Trinajstić information content (AvgIpc) is 2.79. The Morgan fingerprint density at radius 1 is 1.03 bits per heavy atom. The molecule has 1 aliphatic rings. The van der Waals surface area contributed by atoms with Crippen LogP contribution in [0.3, 0.4) is 0 Å². The van der Waals surface area contributed by atoms with E-state index < -0.39 is 16.0 Å². The zero-order chi connectivity index (χ0) is 24.9. The molecule has 34 heavy (non-hydrogen) atoms. The molecule has 1 saturated heterocycles. The molecule has 0 aliphatic carbocycles. The number of carboxylic acids is 1. The molecule has 0 spiro atoms. The van der Waals surface area contributed by atoms with Crippen LogP contribution in [-0.2, 0) is 14.8 Å². The summed E-state index contributed by atoms with van der Waals surface area (Å²) in [5.74, 6) is -1.15. The van der Waals surface area contributed by atoms with Gasteiger partial charge in [0.2, 0.25) is 5.91 Å². The first-order valence-corrected chi connectivity index (χ1v) is 12.8. The molecule has 0 aromatic heterocycles. The Morgan fingerprint density at radius 3 is 2.38 bits per heavy atom. The number of piperazine rings is 1. The summed E-state index contributed by atoms with van der Waals surface area (Å²) in [7, 11) is -3.94. The molecule has 0 radical (unpaired) electrons. The topological polar surface area (TPSA) is 119 Å². The van der Waals surface area contributed by atoms with Crippen LogP contribution in [0.15, 0.2) is 41.3 Å². The van der Waals surface area contributed by atoms with E-state index in [-0.39, 0.29) is 22.1 Å². The number of benzene rings is 2. The Kier molecular flexibility index (Phi) is 8.16. The fourth-order valence-corrected chi connectivity index (χ4v) is 5.29. The number of nitrogens with zero attached hydrogens (tertiary/aromatic N) is 2. The Hall–Kier alpha value is -3.11. The molecule has 3 rings (SSSR count). The number of aromatic carboxylic acids is 1. The number of nitrogens with one attached hydrogen (secondary N) is 2. The number of aryl methyl sites for hydroxylation is 2. The van der Waals surface area contributed by atoms with Gasteiger partial charge in [0.25, 0.3) is 10.0 Å². The minimum absolute atomic E-state index is 0.00588. The van der Waals surface area contributed by atoms with Gasteiger partial charge in [0.15, 0.2) is 0 Å². The van der Waals surface area contributed by atoms with Crippen LogP contribution in [0.4, 0.5) is 11.4 Å². The fraction of sp³-hybridized carbons (Fsp3) is 0.417. The van der Waals surface area contributed by atoms with E-state index in [2.05, 4.69) is 10.0 Å². The summed E-state index contributed by atoms with van der Waals surface area (Å²) in [6, 6.07) is 9.64. The standard InChI is InChI=1S/C24H32N4O5S/c1-4-9-25-23(29)16-27-10-12-28(13-11-27)21-8-7-19(24(30)31)15-20(21)26-34(32,33)22-14-17(2)5-6-18(22)3/h5-8,14-15,26H,4,9-13,16H2,1-3H3,(H,25,29)(H,30,31).